The van der Waals surface area contributed by atoms with Gasteiger partial charge in [0.1, 0.15) is 0 Å². The molecule has 0 unspecified atom stereocenters. The van der Waals surface area contributed by atoms with Crippen LogP contribution in [0.25, 0.3) is 173 Å². The Morgan fingerprint density at radius 1 is 0.164 bits per heavy atom. The first-order valence-corrected chi connectivity index (χ1v) is 41.2. The van der Waals surface area contributed by atoms with Crippen LogP contribution in [-0.2, 0) is 0 Å². The standard InChI is InChI=1S/C58H38N2S.C52H34N2S/c1-3-15-39(16-4-1)40-29-32-46(33-30-40)59(56-38-53-50-25-10-12-28-57(50)61-58(53)51-26-8-7-23-48(51)56)47-22-14-19-43(36-47)41-17-13-18-42(35-41)44-31-34-55-52(37-44)49-24-9-11-27-54(49)60(55)45-20-5-2-6-21-45;1-3-13-35(14-4-1)36-23-28-40(29-24-36)53(50-34-47-44-19-10-12-22-51(44)55-52(47)45-20-8-7-17-42(45)50)41-30-25-37(26-31-41)38-27-32-49-46(33-38)43-18-9-11-21-48(43)54(49)39-15-5-2-6-16-39/h1-38H;1-34H. The highest BCUT2D eigenvalue weighted by Gasteiger charge is 2.24. The number of anilines is 6. The molecule has 0 amide bonds. The Morgan fingerprint density at radius 3 is 0.897 bits per heavy atom. The second kappa shape index (κ2) is 28.8. The number of benzene rings is 19. The Bertz CT molecular complexity index is 7670. The number of aromatic nitrogens is 2. The van der Waals surface area contributed by atoms with Crippen LogP contribution in [0.5, 0.6) is 0 Å². The average Bonchev–Trinajstić information content (AvgIpc) is 1.54. The second-order valence-electron chi connectivity index (χ2n) is 29.8. The molecule has 19 aromatic carbocycles. The normalized spacial score (nSPS) is 11.6. The van der Waals surface area contributed by atoms with Crippen LogP contribution in [0.1, 0.15) is 0 Å². The summed E-state index contributed by atoms with van der Waals surface area (Å²) in [6.07, 6.45) is 0. The first kappa shape index (κ1) is 68.2. The molecule has 4 nitrogen and oxygen atoms in total. The molecule has 0 saturated carbocycles. The van der Waals surface area contributed by atoms with E-state index in [1.165, 1.54) is 178 Å². The van der Waals surface area contributed by atoms with Crippen molar-refractivity contribution in [1.29, 1.82) is 0 Å². The van der Waals surface area contributed by atoms with Gasteiger partial charge in [-0.25, -0.2) is 0 Å². The van der Waals surface area contributed by atoms with Gasteiger partial charge in [-0.05, 0) is 195 Å². The summed E-state index contributed by atoms with van der Waals surface area (Å²) >= 11 is 3.77. The van der Waals surface area contributed by atoms with Crippen LogP contribution in [-0.4, -0.2) is 9.13 Å². The lowest BCUT2D eigenvalue weighted by molar-refractivity contribution is 1.18. The van der Waals surface area contributed by atoms with Crippen molar-refractivity contribution in [3.63, 3.8) is 0 Å². The lowest BCUT2D eigenvalue weighted by Crippen LogP contribution is -2.10. The number of hydrogen-bond acceptors (Lipinski definition) is 4. The zero-order valence-corrected chi connectivity index (χ0v) is 64.8. The van der Waals surface area contributed by atoms with Crippen LogP contribution in [0.4, 0.5) is 34.1 Å². The van der Waals surface area contributed by atoms with E-state index < -0.39 is 0 Å². The van der Waals surface area contributed by atoms with Gasteiger partial charge in [0.15, 0.2) is 0 Å². The molecule has 0 aliphatic rings. The summed E-state index contributed by atoms with van der Waals surface area (Å²) in [5.41, 5.74) is 25.9. The summed E-state index contributed by atoms with van der Waals surface area (Å²) in [5.74, 6) is 0. The highest BCUT2D eigenvalue weighted by atomic mass is 32.1. The van der Waals surface area contributed by atoms with Crippen LogP contribution in [0, 0.1) is 0 Å². The van der Waals surface area contributed by atoms with Gasteiger partial charge in [0.2, 0.25) is 0 Å². The minimum atomic E-state index is 1.11. The molecule has 0 aliphatic heterocycles. The molecular formula is C110H72N4S2. The number of nitrogens with zero attached hydrogens (tertiary/aromatic N) is 4. The molecule has 0 aliphatic carbocycles. The van der Waals surface area contributed by atoms with Crippen molar-refractivity contribution in [3.05, 3.63) is 437 Å². The molecular weight excluding hydrogens is 1440 g/mol. The molecule has 23 aromatic rings. The average molecular weight is 1510 g/mol. The number of thiophene rings is 2. The number of para-hydroxylation sites is 4. The Balaban J connectivity index is 0.000000141. The summed E-state index contributed by atoms with van der Waals surface area (Å²) in [6.45, 7) is 0. The van der Waals surface area contributed by atoms with Gasteiger partial charge < -0.3 is 18.9 Å². The van der Waals surface area contributed by atoms with E-state index in [1.54, 1.807) is 0 Å². The molecule has 0 bridgehead atoms. The van der Waals surface area contributed by atoms with Crippen molar-refractivity contribution in [2.75, 3.05) is 9.80 Å². The third kappa shape index (κ3) is 12.0. The maximum Gasteiger partial charge on any atom is 0.0547 e. The molecule has 0 fully saturated rings. The number of fused-ring (bicyclic) bond motifs is 16. The van der Waals surface area contributed by atoms with Crippen molar-refractivity contribution in [3.8, 4) is 67.0 Å². The van der Waals surface area contributed by atoms with E-state index in [9.17, 15) is 0 Å². The van der Waals surface area contributed by atoms with Crippen LogP contribution in [0.3, 0.4) is 0 Å². The molecule has 0 saturated heterocycles. The summed E-state index contributed by atoms with van der Waals surface area (Å²) in [7, 11) is 0. The molecule has 0 spiro atoms. The van der Waals surface area contributed by atoms with Gasteiger partial charge in [0.05, 0.1) is 33.4 Å². The molecule has 4 heterocycles. The predicted octanol–water partition coefficient (Wildman–Crippen LogP) is 31.9. The van der Waals surface area contributed by atoms with Crippen molar-refractivity contribution in [2.45, 2.75) is 0 Å². The fraction of sp³-hybridized carbons (Fsp3) is 0. The smallest absolute Gasteiger partial charge is 0.0547 e. The van der Waals surface area contributed by atoms with Gasteiger partial charge in [-0.15, -0.1) is 22.7 Å². The van der Waals surface area contributed by atoms with Crippen molar-refractivity contribution in [2.24, 2.45) is 0 Å². The summed E-state index contributed by atoms with van der Waals surface area (Å²) < 4.78 is 10.0. The minimum absolute atomic E-state index is 1.11. The minimum Gasteiger partial charge on any atom is -0.310 e. The third-order valence-electron chi connectivity index (χ3n) is 23.1. The van der Waals surface area contributed by atoms with E-state index in [1.807, 2.05) is 22.7 Å². The number of rotatable bonds is 13. The zero-order valence-electron chi connectivity index (χ0n) is 63.2. The van der Waals surface area contributed by atoms with Crippen LogP contribution < -0.4 is 9.80 Å². The summed E-state index contributed by atoms with van der Waals surface area (Å²) in [4.78, 5) is 4.89. The first-order chi connectivity index (χ1) is 57.5. The zero-order chi connectivity index (χ0) is 76.6. The van der Waals surface area contributed by atoms with Crippen molar-refractivity contribution in [1.82, 2.24) is 9.13 Å². The van der Waals surface area contributed by atoms with Crippen LogP contribution >= 0.6 is 22.7 Å². The van der Waals surface area contributed by atoms with Crippen molar-refractivity contribution < 1.29 is 0 Å². The molecule has 6 heteroatoms. The third-order valence-corrected chi connectivity index (χ3v) is 25.6. The van der Waals surface area contributed by atoms with E-state index in [4.69, 9.17) is 0 Å². The van der Waals surface area contributed by atoms with Gasteiger partial charge in [0.25, 0.3) is 0 Å². The first-order valence-electron chi connectivity index (χ1n) is 39.6. The maximum absolute atomic E-state index is 2.45. The topological polar surface area (TPSA) is 16.3 Å². The molecule has 0 N–H and O–H groups in total. The summed E-state index contributed by atoms with van der Waals surface area (Å²) in [6, 6.07) is 159. The lowest BCUT2D eigenvalue weighted by atomic mass is 9.97. The highest BCUT2D eigenvalue weighted by molar-refractivity contribution is 7.27. The van der Waals surface area contributed by atoms with Crippen molar-refractivity contribution >= 4 is 162 Å². The van der Waals surface area contributed by atoms with Crippen LogP contribution in [0.2, 0.25) is 0 Å². The molecule has 116 heavy (non-hydrogen) atoms. The van der Waals surface area contributed by atoms with Gasteiger partial charge in [-0.3, -0.25) is 0 Å². The fourth-order valence-electron chi connectivity index (χ4n) is 17.7. The lowest BCUT2D eigenvalue weighted by Gasteiger charge is -2.28. The molecule has 23 rings (SSSR count). The molecule has 544 valence electrons. The van der Waals surface area contributed by atoms with Gasteiger partial charge in [-0.1, -0.05) is 297 Å². The quantitative estimate of drug-likeness (QED) is 0.114. The van der Waals surface area contributed by atoms with E-state index in [0.717, 1.165) is 28.4 Å². The monoisotopic (exact) mass is 1510 g/mol. The molecule has 0 atom stereocenters. The Hall–Kier alpha value is -14.7. The fourth-order valence-corrected chi connectivity index (χ4v) is 20.1. The van der Waals surface area contributed by atoms with E-state index >= 15 is 0 Å². The predicted molar refractivity (Wildman–Crippen MR) is 499 cm³/mol. The Labute approximate surface area is 680 Å². The maximum atomic E-state index is 2.45. The van der Waals surface area contributed by atoms with Gasteiger partial charge in [-0.2, -0.15) is 0 Å². The van der Waals surface area contributed by atoms with E-state index in [2.05, 4.69) is 456 Å². The summed E-state index contributed by atoms with van der Waals surface area (Å²) in [5, 5.41) is 15.2. The molecule has 4 aromatic heterocycles. The number of hydrogen-bond donors (Lipinski definition) is 0. The second-order valence-corrected chi connectivity index (χ2v) is 32.0. The Kier molecular flexibility index (Phi) is 16.9. The van der Waals surface area contributed by atoms with E-state index in [0.29, 0.717) is 0 Å². The highest BCUT2D eigenvalue weighted by Crippen LogP contribution is 2.50. The van der Waals surface area contributed by atoms with Gasteiger partial charge in [0, 0.05) is 118 Å². The van der Waals surface area contributed by atoms with E-state index in [-0.39, 0.29) is 0 Å². The largest absolute Gasteiger partial charge is 0.310 e. The molecule has 0 radical (unpaired) electrons. The van der Waals surface area contributed by atoms with Gasteiger partial charge >= 0.3 is 0 Å². The SMILES string of the molecule is c1ccc(-c2ccc(N(c3ccc(-c4ccc5c(c4)c4ccccc4n5-c4ccccc4)cc3)c3cc4c5ccccc5sc4c4ccccc34)cc2)cc1.c1ccc(-c2ccc(N(c3cccc(-c4cccc(-c5ccc6c(c5)c5ccccc5n6-c5ccccc5)c4)c3)c3cc4c5ccccc5sc4c4ccccc34)cc2)cc1. The van der Waals surface area contributed by atoms with Crippen LogP contribution in [0.15, 0.2) is 437 Å². The Morgan fingerprint density at radius 2 is 0.457 bits per heavy atom.